The number of para-hydroxylation sites is 1. The fourth-order valence-electron chi connectivity index (χ4n) is 11.3. The summed E-state index contributed by atoms with van der Waals surface area (Å²) in [4.78, 5) is 5.38. The molecule has 1 fully saturated rings. The first-order chi connectivity index (χ1) is 28.5. The van der Waals surface area contributed by atoms with E-state index < -0.39 is 0 Å². The third-order valence-electron chi connectivity index (χ3n) is 14.2. The Morgan fingerprint density at radius 2 is 1.36 bits per heavy atom. The molecule has 12 rings (SSSR count). The number of hydrogen-bond donors (Lipinski definition) is 1. The van der Waals surface area contributed by atoms with Gasteiger partial charge in [0.2, 0.25) is 5.88 Å². The first-order valence-electron chi connectivity index (χ1n) is 21.3. The van der Waals surface area contributed by atoms with Crippen molar-refractivity contribution in [1.82, 2.24) is 0 Å². The average Bonchev–Trinajstić information content (AvgIpc) is 3.86. The molecule has 1 saturated carbocycles. The molecule has 1 spiro atoms. The van der Waals surface area contributed by atoms with E-state index in [0.717, 1.165) is 46.5 Å². The molecule has 58 heavy (non-hydrogen) atoms. The highest BCUT2D eigenvalue weighted by molar-refractivity contribution is 6.24. The molecule has 0 bridgehead atoms. The highest BCUT2D eigenvalue weighted by Gasteiger charge is 2.47. The van der Waals surface area contributed by atoms with E-state index in [0.29, 0.717) is 0 Å². The average molecular weight is 751 g/mol. The lowest BCUT2D eigenvalue weighted by atomic mass is 9.67. The summed E-state index contributed by atoms with van der Waals surface area (Å²) in [6.07, 6.45) is 15.0. The molecule has 3 nitrogen and oxygen atoms in total. The molecule has 1 aromatic heterocycles. The SMILES string of the molecule is CC1(C)c2ccccc2-c2cc3c(cc21)-c1c(-c2ccc(-c4cccc(C5N=C(C6=CCCC=C6)c6c(oc7ccccc67)N5)c4)cc2)cccc1C31CCCCC1. The summed E-state index contributed by atoms with van der Waals surface area (Å²) in [6.45, 7) is 4.82. The van der Waals surface area contributed by atoms with Gasteiger partial charge in [0.05, 0.1) is 11.3 Å². The van der Waals surface area contributed by atoms with E-state index in [1.165, 1.54) is 93.3 Å². The second-order valence-corrected chi connectivity index (χ2v) is 17.7. The molecule has 4 aliphatic carbocycles. The van der Waals surface area contributed by atoms with Crippen molar-refractivity contribution in [3.05, 3.63) is 185 Å². The van der Waals surface area contributed by atoms with E-state index in [1.54, 1.807) is 11.1 Å². The molecular formula is C55H46N2O. The van der Waals surface area contributed by atoms with Crippen LogP contribution in [0.2, 0.25) is 0 Å². The van der Waals surface area contributed by atoms with Gasteiger partial charge in [-0.3, -0.25) is 4.99 Å². The van der Waals surface area contributed by atoms with Gasteiger partial charge < -0.3 is 9.73 Å². The molecule has 2 heterocycles. The van der Waals surface area contributed by atoms with E-state index in [2.05, 4.69) is 153 Å². The quantitative estimate of drug-likeness (QED) is 0.194. The van der Waals surface area contributed by atoms with Gasteiger partial charge in [-0.05, 0) is 128 Å². The summed E-state index contributed by atoms with van der Waals surface area (Å²) < 4.78 is 6.43. The van der Waals surface area contributed by atoms with Crippen LogP contribution in [0.5, 0.6) is 0 Å². The molecule has 0 saturated heterocycles. The molecule has 5 aliphatic rings. The normalized spacial score (nSPS) is 19.1. The van der Waals surface area contributed by atoms with Crippen LogP contribution in [0.25, 0.3) is 55.5 Å². The number of fused-ring (bicyclic) bond motifs is 11. The molecule has 3 heteroatoms. The van der Waals surface area contributed by atoms with Crippen LogP contribution in [0.4, 0.5) is 5.88 Å². The van der Waals surface area contributed by atoms with Crippen molar-refractivity contribution in [3.63, 3.8) is 0 Å². The van der Waals surface area contributed by atoms with Crippen LogP contribution < -0.4 is 5.32 Å². The number of aliphatic imine (C=N–C) groups is 1. The molecule has 0 amide bonds. The number of benzene rings is 6. The molecule has 1 N–H and O–H groups in total. The summed E-state index contributed by atoms with van der Waals surface area (Å²) in [7, 11) is 0. The van der Waals surface area contributed by atoms with E-state index in [1.807, 2.05) is 12.1 Å². The van der Waals surface area contributed by atoms with Crippen molar-refractivity contribution in [3.8, 4) is 44.5 Å². The van der Waals surface area contributed by atoms with Crippen LogP contribution in [0.15, 0.2) is 161 Å². The van der Waals surface area contributed by atoms with Crippen LogP contribution in [0, 0.1) is 0 Å². The third kappa shape index (κ3) is 4.89. The maximum atomic E-state index is 6.43. The van der Waals surface area contributed by atoms with Gasteiger partial charge in [-0.2, -0.15) is 0 Å². The van der Waals surface area contributed by atoms with Crippen molar-refractivity contribution in [2.24, 2.45) is 4.99 Å². The molecule has 7 aromatic rings. The molecule has 1 atom stereocenters. The Morgan fingerprint density at radius 3 is 2.22 bits per heavy atom. The lowest BCUT2D eigenvalue weighted by molar-refractivity contribution is 0.353. The Hall–Kier alpha value is -6.19. The van der Waals surface area contributed by atoms with Crippen LogP contribution in [0.3, 0.4) is 0 Å². The summed E-state index contributed by atoms with van der Waals surface area (Å²) in [6, 6.07) is 47.9. The zero-order valence-electron chi connectivity index (χ0n) is 33.2. The van der Waals surface area contributed by atoms with Gasteiger partial charge in [-0.15, -0.1) is 0 Å². The molecule has 6 aromatic carbocycles. The van der Waals surface area contributed by atoms with Crippen molar-refractivity contribution in [1.29, 1.82) is 0 Å². The number of rotatable bonds is 4. The molecular weight excluding hydrogens is 705 g/mol. The van der Waals surface area contributed by atoms with Crippen molar-refractivity contribution in [2.45, 2.75) is 75.8 Å². The maximum absolute atomic E-state index is 6.43. The highest BCUT2D eigenvalue weighted by atomic mass is 16.4. The molecule has 0 radical (unpaired) electrons. The van der Waals surface area contributed by atoms with Crippen molar-refractivity contribution >= 4 is 22.6 Å². The predicted molar refractivity (Wildman–Crippen MR) is 240 cm³/mol. The number of anilines is 1. The van der Waals surface area contributed by atoms with Gasteiger partial charge in [0, 0.05) is 16.2 Å². The standard InChI is InChI=1S/C55H46N2O/c1-54(2)44-22-9-7-19-40(44)42-32-47-43(33-46(42)54)49-39(21-14-23-45(49)55(47)29-11-4-12-30-55)35-27-25-34(26-28-35)37-17-13-18-38(31-37)52-56-51(36-15-5-3-6-16-36)50-41-20-8-10-24-48(41)58-53(50)57-52/h5,7-10,13-28,31-33,52,57H,3-4,6,11-12,29-30H2,1-2H3. The summed E-state index contributed by atoms with van der Waals surface area (Å²) in [5, 5.41) is 4.75. The lowest BCUT2D eigenvalue weighted by Crippen LogP contribution is -2.28. The monoisotopic (exact) mass is 750 g/mol. The summed E-state index contributed by atoms with van der Waals surface area (Å²) in [5.74, 6) is 0.788. The Kier molecular flexibility index (Phi) is 7.40. The fourth-order valence-corrected chi connectivity index (χ4v) is 11.3. The Labute approximate surface area is 340 Å². The minimum absolute atomic E-state index is 0.0346. The number of hydrogen-bond acceptors (Lipinski definition) is 3. The second kappa shape index (κ2) is 12.7. The third-order valence-corrected chi connectivity index (χ3v) is 14.2. The zero-order valence-corrected chi connectivity index (χ0v) is 33.2. The van der Waals surface area contributed by atoms with E-state index in [4.69, 9.17) is 9.41 Å². The van der Waals surface area contributed by atoms with Crippen LogP contribution in [-0.4, -0.2) is 5.71 Å². The zero-order chi connectivity index (χ0) is 38.6. The first-order valence-corrected chi connectivity index (χ1v) is 21.3. The highest BCUT2D eigenvalue weighted by Crippen LogP contribution is 2.61. The number of furan rings is 1. The molecule has 282 valence electrons. The fraction of sp³-hybridized carbons (Fsp3) is 0.218. The molecule has 1 unspecified atom stereocenters. The van der Waals surface area contributed by atoms with Gasteiger partial charge in [-0.25, -0.2) is 0 Å². The predicted octanol–water partition coefficient (Wildman–Crippen LogP) is 14.5. The van der Waals surface area contributed by atoms with E-state index >= 15 is 0 Å². The van der Waals surface area contributed by atoms with Crippen LogP contribution in [-0.2, 0) is 10.8 Å². The minimum atomic E-state index is -0.267. The summed E-state index contributed by atoms with van der Waals surface area (Å²) in [5.41, 5.74) is 22.0. The van der Waals surface area contributed by atoms with Crippen LogP contribution in [0.1, 0.15) is 98.3 Å². The Bertz CT molecular complexity index is 2930. The topological polar surface area (TPSA) is 37.5 Å². The van der Waals surface area contributed by atoms with Crippen molar-refractivity contribution in [2.75, 3.05) is 5.32 Å². The lowest BCUT2D eigenvalue weighted by Gasteiger charge is -2.36. The van der Waals surface area contributed by atoms with Crippen LogP contribution >= 0.6 is 0 Å². The van der Waals surface area contributed by atoms with E-state index in [9.17, 15) is 0 Å². The minimum Gasteiger partial charge on any atom is -0.440 e. The number of nitrogens with zero attached hydrogens (tertiary/aromatic N) is 1. The smallest absolute Gasteiger partial charge is 0.205 e. The summed E-state index contributed by atoms with van der Waals surface area (Å²) >= 11 is 0. The Morgan fingerprint density at radius 1 is 0.603 bits per heavy atom. The maximum Gasteiger partial charge on any atom is 0.205 e. The van der Waals surface area contributed by atoms with Gasteiger partial charge in [0.15, 0.2) is 0 Å². The molecule has 1 aliphatic heterocycles. The van der Waals surface area contributed by atoms with Crippen molar-refractivity contribution < 1.29 is 4.42 Å². The van der Waals surface area contributed by atoms with Gasteiger partial charge in [-0.1, -0.05) is 154 Å². The van der Waals surface area contributed by atoms with Gasteiger partial charge in [0.25, 0.3) is 0 Å². The van der Waals surface area contributed by atoms with E-state index in [-0.39, 0.29) is 17.0 Å². The van der Waals surface area contributed by atoms with Gasteiger partial charge >= 0.3 is 0 Å². The Balaban J connectivity index is 0.924. The first kappa shape index (κ1) is 33.9. The van der Waals surface area contributed by atoms with Gasteiger partial charge in [0.1, 0.15) is 11.7 Å². The second-order valence-electron chi connectivity index (χ2n) is 17.7. The number of nitrogens with one attached hydrogen (secondary N) is 1. The number of allylic oxidation sites excluding steroid dienone is 4. The largest absolute Gasteiger partial charge is 0.440 e.